The maximum Gasteiger partial charge on any atom is 0.182 e. The Bertz CT molecular complexity index is 484. The highest BCUT2D eigenvalue weighted by Crippen LogP contribution is 2.18. The zero-order valence-electron chi connectivity index (χ0n) is 9.70. The number of hydrogen-bond acceptors (Lipinski definition) is 3. The number of halogens is 2. The molecule has 0 saturated carbocycles. The average Bonchev–Trinajstić information content (AvgIpc) is 2.29. The van der Waals surface area contributed by atoms with Gasteiger partial charge in [0.2, 0.25) is 0 Å². The van der Waals surface area contributed by atoms with Crippen molar-refractivity contribution in [1.82, 2.24) is 5.32 Å². The Morgan fingerprint density at radius 2 is 2.00 bits per heavy atom. The monoisotopic (exact) mass is 263 g/mol. The third-order valence-electron chi connectivity index (χ3n) is 2.55. The van der Waals surface area contributed by atoms with Crippen LogP contribution in [0.2, 0.25) is 0 Å². The molecule has 0 heterocycles. The van der Waals surface area contributed by atoms with E-state index in [1.54, 1.807) is 7.05 Å². The second-order valence-electron chi connectivity index (χ2n) is 3.75. The fourth-order valence-corrected chi connectivity index (χ4v) is 3.24. The van der Waals surface area contributed by atoms with Gasteiger partial charge >= 0.3 is 0 Å². The first-order valence-electron chi connectivity index (χ1n) is 5.25. The molecule has 1 N–H and O–H groups in total. The van der Waals surface area contributed by atoms with Crippen molar-refractivity contribution >= 4 is 9.84 Å². The van der Waals surface area contributed by atoms with Crippen LogP contribution < -0.4 is 5.32 Å². The Hall–Kier alpha value is -1.01. The summed E-state index contributed by atoms with van der Waals surface area (Å²) in [6.07, 6.45) is 0.590. The molecule has 6 heteroatoms. The van der Waals surface area contributed by atoms with Gasteiger partial charge in [0.25, 0.3) is 0 Å². The van der Waals surface area contributed by atoms with Gasteiger partial charge in [0.15, 0.2) is 9.84 Å². The van der Waals surface area contributed by atoms with Crippen molar-refractivity contribution in [3.8, 4) is 0 Å². The lowest BCUT2D eigenvalue weighted by molar-refractivity contribution is 0.536. The molecule has 0 amide bonds. The Morgan fingerprint density at radius 1 is 1.35 bits per heavy atom. The molecular weight excluding hydrogens is 248 g/mol. The second kappa shape index (κ2) is 5.55. The van der Waals surface area contributed by atoms with E-state index < -0.39 is 26.4 Å². The minimum atomic E-state index is -3.81. The van der Waals surface area contributed by atoms with Gasteiger partial charge in [-0.25, -0.2) is 17.2 Å². The molecule has 0 aliphatic carbocycles. The summed E-state index contributed by atoms with van der Waals surface area (Å²) in [6.45, 7) is 1.82. The molecule has 1 atom stereocenters. The first-order chi connectivity index (χ1) is 7.90. The van der Waals surface area contributed by atoms with Crippen LogP contribution in [0.15, 0.2) is 23.1 Å². The molecule has 0 saturated heterocycles. The highest BCUT2D eigenvalue weighted by atomic mass is 32.2. The summed E-state index contributed by atoms with van der Waals surface area (Å²) < 4.78 is 50.1. The van der Waals surface area contributed by atoms with E-state index in [0.717, 1.165) is 12.1 Å². The topological polar surface area (TPSA) is 46.2 Å². The molecule has 1 aromatic carbocycles. The van der Waals surface area contributed by atoms with Crippen molar-refractivity contribution in [2.24, 2.45) is 0 Å². The van der Waals surface area contributed by atoms with Crippen molar-refractivity contribution in [2.75, 3.05) is 12.8 Å². The summed E-state index contributed by atoms with van der Waals surface area (Å²) in [5, 5.41) is 2.82. The van der Waals surface area contributed by atoms with Gasteiger partial charge in [-0.3, -0.25) is 0 Å². The molecule has 3 nitrogen and oxygen atoms in total. The third kappa shape index (κ3) is 3.47. The summed E-state index contributed by atoms with van der Waals surface area (Å²) in [5.41, 5.74) is 0. The van der Waals surface area contributed by atoms with Crippen LogP contribution in [0, 0.1) is 11.6 Å². The van der Waals surface area contributed by atoms with Gasteiger partial charge < -0.3 is 5.32 Å². The Labute approximate surface area is 99.8 Å². The van der Waals surface area contributed by atoms with E-state index in [2.05, 4.69) is 5.32 Å². The van der Waals surface area contributed by atoms with E-state index in [9.17, 15) is 17.2 Å². The third-order valence-corrected chi connectivity index (χ3v) is 4.37. The number of benzene rings is 1. The number of nitrogens with one attached hydrogen (secondary N) is 1. The van der Waals surface area contributed by atoms with Crippen LogP contribution >= 0.6 is 0 Å². The lowest BCUT2D eigenvalue weighted by Crippen LogP contribution is -2.32. The van der Waals surface area contributed by atoms with Crippen molar-refractivity contribution in [2.45, 2.75) is 24.3 Å². The van der Waals surface area contributed by atoms with Gasteiger partial charge in [-0.1, -0.05) is 6.92 Å². The largest absolute Gasteiger partial charge is 0.316 e. The van der Waals surface area contributed by atoms with E-state index in [4.69, 9.17) is 0 Å². The lowest BCUT2D eigenvalue weighted by atomic mass is 10.3. The predicted molar refractivity (Wildman–Crippen MR) is 61.5 cm³/mol. The fourth-order valence-electron chi connectivity index (χ4n) is 1.48. The van der Waals surface area contributed by atoms with Gasteiger partial charge in [0.1, 0.15) is 16.5 Å². The first kappa shape index (κ1) is 14.1. The highest BCUT2D eigenvalue weighted by molar-refractivity contribution is 7.91. The molecule has 0 aliphatic heterocycles. The van der Waals surface area contributed by atoms with Crippen LogP contribution in [0.5, 0.6) is 0 Å². The Morgan fingerprint density at radius 3 is 2.53 bits per heavy atom. The van der Waals surface area contributed by atoms with Crippen LogP contribution in [-0.2, 0) is 9.84 Å². The van der Waals surface area contributed by atoms with Gasteiger partial charge in [-0.2, -0.15) is 0 Å². The number of rotatable bonds is 5. The Kier molecular flexibility index (Phi) is 4.59. The summed E-state index contributed by atoms with van der Waals surface area (Å²) in [7, 11) is -2.18. The normalized spacial score (nSPS) is 13.6. The average molecular weight is 263 g/mol. The fraction of sp³-hybridized carbons (Fsp3) is 0.455. The minimum absolute atomic E-state index is 0.250. The molecule has 1 unspecified atom stereocenters. The highest BCUT2D eigenvalue weighted by Gasteiger charge is 2.23. The molecule has 0 radical (unpaired) electrons. The summed E-state index contributed by atoms with van der Waals surface area (Å²) >= 11 is 0. The zero-order chi connectivity index (χ0) is 13.1. The summed E-state index contributed by atoms with van der Waals surface area (Å²) in [4.78, 5) is -0.578. The van der Waals surface area contributed by atoms with Gasteiger partial charge in [0.05, 0.1) is 5.75 Å². The second-order valence-corrected chi connectivity index (χ2v) is 5.75. The van der Waals surface area contributed by atoms with Crippen molar-refractivity contribution in [3.63, 3.8) is 0 Å². The van der Waals surface area contributed by atoms with E-state index in [1.165, 1.54) is 0 Å². The molecule has 1 rings (SSSR count). The lowest BCUT2D eigenvalue weighted by Gasteiger charge is -2.14. The Balaban J connectivity index is 3.09. The predicted octanol–water partition coefficient (Wildman–Crippen LogP) is 1.74. The van der Waals surface area contributed by atoms with Gasteiger partial charge in [-0.15, -0.1) is 0 Å². The SMILES string of the molecule is CCC(CS(=O)(=O)c1cc(F)ccc1F)NC. The van der Waals surface area contributed by atoms with E-state index in [1.807, 2.05) is 6.92 Å². The molecule has 1 aromatic rings. The quantitative estimate of drug-likeness (QED) is 0.880. The van der Waals surface area contributed by atoms with E-state index in [-0.39, 0.29) is 11.8 Å². The first-order valence-corrected chi connectivity index (χ1v) is 6.91. The van der Waals surface area contributed by atoms with Gasteiger partial charge in [-0.05, 0) is 31.7 Å². The smallest absolute Gasteiger partial charge is 0.182 e. The number of hydrogen-bond donors (Lipinski definition) is 1. The van der Waals surface area contributed by atoms with E-state index >= 15 is 0 Å². The zero-order valence-corrected chi connectivity index (χ0v) is 10.5. The van der Waals surface area contributed by atoms with Crippen LogP contribution in [0.3, 0.4) is 0 Å². The molecule has 0 spiro atoms. The van der Waals surface area contributed by atoms with Gasteiger partial charge in [0, 0.05) is 6.04 Å². The summed E-state index contributed by atoms with van der Waals surface area (Å²) in [5.74, 6) is -1.93. The van der Waals surface area contributed by atoms with Crippen molar-refractivity contribution < 1.29 is 17.2 Å². The van der Waals surface area contributed by atoms with Crippen LogP contribution in [0.25, 0.3) is 0 Å². The number of sulfone groups is 1. The molecule has 17 heavy (non-hydrogen) atoms. The van der Waals surface area contributed by atoms with E-state index in [0.29, 0.717) is 12.5 Å². The van der Waals surface area contributed by atoms with Crippen LogP contribution in [-0.4, -0.2) is 27.3 Å². The van der Waals surface area contributed by atoms with Crippen LogP contribution in [0.4, 0.5) is 8.78 Å². The molecule has 0 aromatic heterocycles. The molecule has 0 fully saturated rings. The van der Waals surface area contributed by atoms with Crippen molar-refractivity contribution in [3.05, 3.63) is 29.8 Å². The molecule has 0 aliphatic rings. The maximum atomic E-state index is 13.4. The standard InChI is InChI=1S/C11H15F2NO2S/c1-3-9(14-2)7-17(15,16)11-6-8(12)4-5-10(11)13/h4-6,9,14H,3,7H2,1-2H3. The van der Waals surface area contributed by atoms with Crippen molar-refractivity contribution in [1.29, 1.82) is 0 Å². The molecular formula is C11H15F2NO2S. The molecule has 0 bridgehead atoms. The van der Waals surface area contributed by atoms with Crippen LogP contribution in [0.1, 0.15) is 13.3 Å². The summed E-state index contributed by atoms with van der Waals surface area (Å²) in [6, 6.07) is 2.15. The minimum Gasteiger partial charge on any atom is -0.316 e. The maximum absolute atomic E-state index is 13.4. The molecule has 96 valence electrons.